The molecular formula is C8H19NO5S2. The fourth-order valence-electron chi connectivity index (χ4n) is 1.06. The molecule has 4 atom stereocenters. The van der Waals surface area contributed by atoms with Crippen LogP contribution in [0.25, 0.3) is 0 Å². The summed E-state index contributed by atoms with van der Waals surface area (Å²) in [6, 6.07) is 0. The van der Waals surface area contributed by atoms with Gasteiger partial charge in [-0.25, -0.2) is 0 Å². The van der Waals surface area contributed by atoms with Crippen molar-refractivity contribution in [3.05, 3.63) is 0 Å². The number of aliphatic hydroxyl groups excluding tert-OH is 5. The zero-order valence-corrected chi connectivity index (χ0v) is 10.7. The maximum Gasteiger partial charge on any atom is 0.111 e. The summed E-state index contributed by atoms with van der Waals surface area (Å²) in [4.78, 5) is 1.53. The lowest BCUT2D eigenvalue weighted by atomic mass is 10.0. The maximum atomic E-state index is 9.54. The molecule has 6 nitrogen and oxygen atoms in total. The number of likely N-dealkylation sites (N-methyl/N-ethyl adjacent to an activating group) is 1. The summed E-state index contributed by atoms with van der Waals surface area (Å²) in [6.07, 6.45) is -5.92. The molecule has 16 heavy (non-hydrogen) atoms. The molecule has 0 heterocycles. The highest BCUT2D eigenvalue weighted by Gasteiger charge is 2.30. The lowest BCUT2D eigenvalue weighted by molar-refractivity contribution is -0.118. The van der Waals surface area contributed by atoms with Gasteiger partial charge in [0, 0.05) is 6.54 Å². The summed E-state index contributed by atoms with van der Waals surface area (Å²) in [7, 11) is 1.62. The zero-order valence-electron chi connectivity index (χ0n) is 8.88. The molecule has 0 saturated heterocycles. The lowest BCUT2D eigenvalue weighted by Crippen LogP contribution is -2.49. The van der Waals surface area contributed by atoms with Gasteiger partial charge in [0.15, 0.2) is 0 Å². The van der Waals surface area contributed by atoms with E-state index in [0.717, 1.165) is 0 Å². The molecule has 0 aliphatic carbocycles. The third kappa shape index (κ3) is 5.19. The molecule has 0 radical (unpaired) electrons. The second-order valence-corrected chi connectivity index (χ2v) is 4.97. The highest BCUT2D eigenvalue weighted by atomic mass is 32.2. The van der Waals surface area contributed by atoms with Gasteiger partial charge in [-0.2, -0.15) is 0 Å². The minimum atomic E-state index is -1.60. The van der Waals surface area contributed by atoms with Crippen LogP contribution in [0, 0.1) is 0 Å². The molecule has 0 unspecified atom stereocenters. The van der Waals surface area contributed by atoms with Crippen LogP contribution in [0.15, 0.2) is 0 Å². The SMILES string of the molecule is CN(C[C@H](O)[C@@H](O)[C@H](O)[C@H](O)CO)C(S)S. The monoisotopic (exact) mass is 273 g/mol. The average Bonchev–Trinajstić information content (AvgIpc) is 2.25. The Bertz CT molecular complexity index is 197. The zero-order chi connectivity index (χ0) is 12.9. The van der Waals surface area contributed by atoms with E-state index in [1.165, 1.54) is 4.90 Å². The van der Waals surface area contributed by atoms with Crippen LogP contribution in [0.1, 0.15) is 0 Å². The van der Waals surface area contributed by atoms with E-state index >= 15 is 0 Å². The van der Waals surface area contributed by atoms with Crippen molar-refractivity contribution >= 4 is 25.3 Å². The number of rotatable bonds is 7. The van der Waals surface area contributed by atoms with Crippen LogP contribution >= 0.6 is 25.3 Å². The number of hydrogen-bond donors (Lipinski definition) is 7. The second kappa shape index (κ2) is 7.72. The molecule has 0 fully saturated rings. The van der Waals surface area contributed by atoms with E-state index in [2.05, 4.69) is 25.3 Å². The molecule has 0 amide bonds. The molecule has 8 heteroatoms. The van der Waals surface area contributed by atoms with Crippen molar-refractivity contribution in [3.8, 4) is 0 Å². The van der Waals surface area contributed by atoms with E-state index in [1.807, 2.05) is 0 Å². The summed E-state index contributed by atoms with van der Waals surface area (Å²) in [5, 5.41) is 46.0. The summed E-state index contributed by atoms with van der Waals surface area (Å²) >= 11 is 7.98. The maximum absolute atomic E-state index is 9.54. The van der Waals surface area contributed by atoms with Crippen LogP contribution in [0.4, 0.5) is 0 Å². The quantitative estimate of drug-likeness (QED) is 0.204. The Labute approximate surface area is 105 Å². The van der Waals surface area contributed by atoms with Crippen molar-refractivity contribution in [1.82, 2.24) is 4.90 Å². The van der Waals surface area contributed by atoms with Crippen molar-refractivity contribution < 1.29 is 25.5 Å². The molecular weight excluding hydrogens is 254 g/mol. The Morgan fingerprint density at radius 1 is 1.00 bits per heavy atom. The first-order chi connectivity index (χ1) is 7.31. The number of aliphatic hydroxyl groups is 5. The predicted molar refractivity (Wildman–Crippen MR) is 65.5 cm³/mol. The molecule has 0 aromatic heterocycles. The van der Waals surface area contributed by atoms with Crippen molar-refractivity contribution in [2.24, 2.45) is 0 Å². The first-order valence-electron chi connectivity index (χ1n) is 4.70. The third-order valence-electron chi connectivity index (χ3n) is 2.19. The number of thiol groups is 2. The van der Waals surface area contributed by atoms with Gasteiger partial charge < -0.3 is 25.5 Å². The molecule has 5 N–H and O–H groups in total. The predicted octanol–water partition coefficient (Wildman–Crippen LogP) is -2.50. The standard InChI is InChI=1S/C8H19NO5S2/c1-9(8(15)16)2-4(11)6(13)7(14)5(12)3-10/h4-8,10-16H,2-3H2,1H3/t4-,5+,6+,7+/m0/s1. The first-order valence-corrected chi connectivity index (χ1v) is 5.74. The van der Waals surface area contributed by atoms with E-state index in [4.69, 9.17) is 10.2 Å². The van der Waals surface area contributed by atoms with Gasteiger partial charge in [0.05, 0.1) is 17.4 Å². The van der Waals surface area contributed by atoms with Gasteiger partial charge in [0.25, 0.3) is 0 Å². The van der Waals surface area contributed by atoms with Gasteiger partial charge in [-0.1, -0.05) is 0 Å². The lowest BCUT2D eigenvalue weighted by Gasteiger charge is -2.29. The molecule has 98 valence electrons. The molecule has 0 rings (SSSR count). The summed E-state index contributed by atoms with van der Waals surface area (Å²) in [5.41, 5.74) is 0. The van der Waals surface area contributed by atoms with Crippen LogP contribution in [0.5, 0.6) is 0 Å². The van der Waals surface area contributed by atoms with Crippen LogP contribution < -0.4 is 0 Å². The molecule has 0 aromatic rings. The molecule has 0 aromatic carbocycles. The minimum absolute atomic E-state index is 0.0219. The Morgan fingerprint density at radius 3 is 1.81 bits per heavy atom. The highest BCUT2D eigenvalue weighted by Crippen LogP contribution is 2.10. The van der Waals surface area contributed by atoms with Gasteiger partial charge in [-0.15, -0.1) is 25.3 Å². The molecule has 0 aliphatic rings. The summed E-state index contributed by atoms with van der Waals surface area (Å²) < 4.78 is -0.415. The normalized spacial score (nSPS) is 19.9. The smallest absolute Gasteiger partial charge is 0.111 e. The highest BCUT2D eigenvalue weighted by molar-refractivity contribution is 7.99. The van der Waals surface area contributed by atoms with Crippen LogP contribution in [-0.2, 0) is 0 Å². The van der Waals surface area contributed by atoms with Gasteiger partial charge in [0.2, 0.25) is 0 Å². The van der Waals surface area contributed by atoms with Crippen LogP contribution in [0.2, 0.25) is 0 Å². The van der Waals surface area contributed by atoms with Crippen LogP contribution in [-0.4, -0.2) is 79.8 Å². The van der Waals surface area contributed by atoms with E-state index in [0.29, 0.717) is 0 Å². The van der Waals surface area contributed by atoms with Crippen molar-refractivity contribution in [3.63, 3.8) is 0 Å². The fourth-order valence-corrected chi connectivity index (χ4v) is 1.25. The Kier molecular flexibility index (Phi) is 7.94. The summed E-state index contributed by atoms with van der Waals surface area (Å²) in [5.74, 6) is 0. The van der Waals surface area contributed by atoms with Crippen molar-refractivity contribution in [2.45, 2.75) is 29.1 Å². The Balaban J connectivity index is 4.21. The molecule has 0 saturated carbocycles. The number of nitrogens with zero attached hydrogens (tertiary/aromatic N) is 1. The van der Waals surface area contributed by atoms with Gasteiger partial charge in [0.1, 0.15) is 18.3 Å². The van der Waals surface area contributed by atoms with Crippen molar-refractivity contribution in [2.75, 3.05) is 20.2 Å². The Morgan fingerprint density at radius 2 is 1.44 bits per heavy atom. The van der Waals surface area contributed by atoms with Gasteiger partial charge >= 0.3 is 0 Å². The average molecular weight is 273 g/mol. The van der Waals surface area contributed by atoms with Gasteiger partial charge in [-0.3, -0.25) is 4.90 Å². The van der Waals surface area contributed by atoms with E-state index < -0.39 is 35.7 Å². The van der Waals surface area contributed by atoms with E-state index in [-0.39, 0.29) is 6.54 Å². The molecule has 0 bridgehead atoms. The van der Waals surface area contributed by atoms with Crippen molar-refractivity contribution in [1.29, 1.82) is 0 Å². The van der Waals surface area contributed by atoms with Crippen LogP contribution in [0.3, 0.4) is 0 Å². The number of hydrogen-bond acceptors (Lipinski definition) is 8. The van der Waals surface area contributed by atoms with E-state index in [1.54, 1.807) is 7.05 Å². The molecule has 0 aliphatic heterocycles. The second-order valence-electron chi connectivity index (χ2n) is 3.58. The third-order valence-corrected chi connectivity index (χ3v) is 2.98. The Hall–Kier alpha value is 0.460. The van der Waals surface area contributed by atoms with E-state index in [9.17, 15) is 15.3 Å². The minimum Gasteiger partial charge on any atom is -0.394 e. The topological polar surface area (TPSA) is 104 Å². The van der Waals surface area contributed by atoms with Gasteiger partial charge in [-0.05, 0) is 7.05 Å². The molecule has 0 spiro atoms. The first kappa shape index (κ1) is 16.5. The largest absolute Gasteiger partial charge is 0.394 e. The summed E-state index contributed by atoms with van der Waals surface area (Å²) in [6.45, 7) is -0.670. The fraction of sp³-hybridized carbons (Fsp3) is 1.00.